The van der Waals surface area contributed by atoms with Crippen molar-refractivity contribution in [1.29, 1.82) is 0 Å². The molecule has 0 fully saturated rings. The number of aromatic nitrogens is 3. The maximum absolute atomic E-state index is 11.8. The first-order valence-corrected chi connectivity index (χ1v) is 7.65. The van der Waals surface area contributed by atoms with E-state index in [0.717, 1.165) is 35.1 Å². The van der Waals surface area contributed by atoms with E-state index in [1.807, 2.05) is 29.9 Å². The molecule has 4 heteroatoms. The Hall–Kier alpha value is -2.49. The number of carbonyl (C=O) groups excluding carboxylic acids is 1. The molecule has 0 atom stereocenters. The smallest absolute Gasteiger partial charge is 0.137 e. The van der Waals surface area contributed by atoms with Crippen molar-refractivity contribution in [1.82, 2.24) is 14.8 Å². The van der Waals surface area contributed by atoms with Crippen LogP contribution >= 0.6 is 0 Å². The second kappa shape index (κ2) is 5.05. The number of hydrogen-bond acceptors (Lipinski definition) is 3. The quantitative estimate of drug-likeness (QED) is 0.647. The second-order valence-electron chi connectivity index (χ2n) is 5.96. The van der Waals surface area contributed by atoms with Crippen LogP contribution in [-0.4, -0.2) is 20.5 Å². The average molecular weight is 291 g/mol. The molecule has 22 heavy (non-hydrogen) atoms. The predicted octanol–water partition coefficient (Wildman–Crippen LogP) is 3.18. The normalized spacial score (nSPS) is 14.9. The Morgan fingerprint density at radius 2 is 2.05 bits per heavy atom. The molecule has 1 aliphatic rings. The SMILES string of the molecule is Cc1cc(-n2ncc3cc4c(cc32)CCCC(=O)C4)ccn1. The molecule has 0 unspecified atom stereocenters. The van der Waals surface area contributed by atoms with Crippen LogP contribution in [0.5, 0.6) is 0 Å². The van der Waals surface area contributed by atoms with Crippen molar-refractivity contribution in [3.05, 3.63) is 53.5 Å². The highest BCUT2D eigenvalue weighted by Crippen LogP contribution is 2.26. The summed E-state index contributed by atoms with van der Waals surface area (Å²) in [7, 11) is 0. The summed E-state index contributed by atoms with van der Waals surface area (Å²) in [5, 5.41) is 5.61. The van der Waals surface area contributed by atoms with Gasteiger partial charge in [0.2, 0.25) is 0 Å². The van der Waals surface area contributed by atoms with Crippen LogP contribution in [0.25, 0.3) is 16.6 Å². The largest absolute Gasteiger partial charge is 0.299 e. The Morgan fingerprint density at radius 1 is 1.14 bits per heavy atom. The molecule has 0 saturated heterocycles. The third kappa shape index (κ3) is 2.21. The number of ketones is 1. The predicted molar refractivity (Wildman–Crippen MR) is 85.3 cm³/mol. The zero-order valence-electron chi connectivity index (χ0n) is 12.5. The minimum Gasteiger partial charge on any atom is -0.299 e. The van der Waals surface area contributed by atoms with Crippen LogP contribution in [0, 0.1) is 6.92 Å². The standard InChI is InChI=1S/C18H17N3O/c1-12-7-16(5-6-19-12)21-18-10-13-3-2-4-17(22)9-14(13)8-15(18)11-20-21/h5-8,10-11H,2-4,9H2,1H3. The van der Waals surface area contributed by atoms with Gasteiger partial charge in [0.15, 0.2) is 0 Å². The number of hydrogen-bond donors (Lipinski definition) is 0. The molecule has 4 nitrogen and oxygen atoms in total. The van der Waals surface area contributed by atoms with E-state index in [1.54, 1.807) is 6.20 Å². The molecule has 0 spiro atoms. The van der Waals surface area contributed by atoms with E-state index in [9.17, 15) is 4.79 Å². The summed E-state index contributed by atoms with van der Waals surface area (Å²) in [4.78, 5) is 16.1. The zero-order valence-corrected chi connectivity index (χ0v) is 12.5. The number of fused-ring (bicyclic) bond motifs is 2. The fraction of sp³-hybridized carbons (Fsp3) is 0.278. The Morgan fingerprint density at radius 3 is 2.91 bits per heavy atom. The Labute approximate surface area is 128 Å². The van der Waals surface area contributed by atoms with Gasteiger partial charge < -0.3 is 0 Å². The summed E-state index contributed by atoms with van der Waals surface area (Å²) in [5.41, 5.74) is 5.54. The molecular formula is C18H17N3O. The highest BCUT2D eigenvalue weighted by atomic mass is 16.1. The summed E-state index contributed by atoms with van der Waals surface area (Å²) in [6, 6.07) is 8.33. The lowest BCUT2D eigenvalue weighted by Crippen LogP contribution is -2.01. The first kappa shape index (κ1) is 13.2. The van der Waals surface area contributed by atoms with Crippen molar-refractivity contribution in [3.63, 3.8) is 0 Å². The van der Waals surface area contributed by atoms with Crippen molar-refractivity contribution in [2.24, 2.45) is 0 Å². The molecule has 0 saturated carbocycles. The van der Waals surface area contributed by atoms with Crippen LogP contribution in [0.15, 0.2) is 36.7 Å². The maximum atomic E-state index is 11.8. The third-order valence-corrected chi connectivity index (χ3v) is 4.30. The van der Waals surface area contributed by atoms with Crippen molar-refractivity contribution in [3.8, 4) is 5.69 Å². The van der Waals surface area contributed by atoms with Crippen LogP contribution in [0.4, 0.5) is 0 Å². The van der Waals surface area contributed by atoms with Gasteiger partial charge in [-0.2, -0.15) is 5.10 Å². The van der Waals surface area contributed by atoms with Gasteiger partial charge in [0, 0.05) is 30.1 Å². The highest BCUT2D eigenvalue weighted by Gasteiger charge is 2.16. The van der Waals surface area contributed by atoms with Crippen LogP contribution < -0.4 is 0 Å². The van der Waals surface area contributed by atoms with Crippen LogP contribution in [0.1, 0.15) is 29.7 Å². The molecule has 1 aromatic carbocycles. The average Bonchev–Trinajstić information content (AvgIpc) is 2.80. The van der Waals surface area contributed by atoms with Gasteiger partial charge in [-0.1, -0.05) is 0 Å². The minimum atomic E-state index is 0.343. The van der Waals surface area contributed by atoms with Gasteiger partial charge >= 0.3 is 0 Å². The molecule has 3 aromatic rings. The number of Topliss-reactive ketones (excluding diaryl/α,β-unsaturated/α-hetero) is 1. The number of benzene rings is 1. The topological polar surface area (TPSA) is 47.8 Å². The Balaban J connectivity index is 1.89. The lowest BCUT2D eigenvalue weighted by molar-refractivity contribution is -0.118. The van der Waals surface area contributed by atoms with Crippen molar-refractivity contribution in [2.45, 2.75) is 32.6 Å². The van der Waals surface area contributed by atoms with Gasteiger partial charge in [-0.3, -0.25) is 9.78 Å². The number of aryl methyl sites for hydroxylation is 2. The van der Waals surface area contributed by atoms with Gasteiger partial charge in [0.1, 0.15) is 5.78 Å². The van der Waals surface area contributed by atoms with Crippen LogP contribution in [0.2, 0.25) is 0 Å². The number of nitrogens with zero attached hydrogens (tertiary/aromatic N) is 3. The van der Waals surface area contributed by atoms with E-state index in [4.69, 9.17) is 0 Å². The fourth-order valence-electron chi connectivity index (χ4n) is 3.21. The summed E-state index contributed by atoms with van der Waals surface area (Å²) in [5.74, 6) is 0.343. The van der Waals surface area contributed by atoms with E-state index >= 15 is 0 Å². The molecule has 110 valence electrons. The molecule has 0 N–H and O–H groups in total. The van der Waals surface area contributed by atoms with Gasteiger partial charge in [0.05, 0.1) is 17.4 Å². The molecule has 2 aromatic heterocycles. The highest BCUT2D eigenvalue weighted by molar-refractivity contribution is 5.86. The fourth-order valence-corrected chi connectivity index (χ4v) is 3.21. The van der Waals surface area contributed by atoms with Crippen molar-refractivity contribution >= 4 is 16.7 Å². The van der Waals surface area contributed by atoms with Gasteiger partial charge in [-0.25, -0.2) is 4.68 Å². The number of rotatable bonds is 1. The zero-order chi connectivity index (χ0) is 15.1. The van der Waals surface area contributed by atoms with E-state index in [0.29, 0.717) is 18.6 Å². The first-order chi connectivity index (χ1) is 10.7. The number of pyridine rings is 1. The molecular weight excluding hydrogens is 274 g/mol. The third-order valence-electron chi connectivity index (χ3n) is 4.30. The second-order valence-corrected chi connectivity index (χ2v) is 5.96. The van der Waals surface area contributed by atoms with Crippen LogP contribution in [-0.2, 0) is 17.6 Å². The van der Waals surface area contributed by atoms with Gasteiger partial charge in [0.25, 0.3) is 0 Å². The first-order valence-electron chi connectivity index (χ1n) is 7.65. The monoisotopic (exact) mass is 291 g/mol. The molecule has 0 bridgehead atoms. The summed E-state index contributed by atoms with van der Waals surface area (Å²) < 4.78 is 1.96. The van der Waals surface area contributed by atoms with E-state index < -0.39 is 0 Å². The number of carbonyl (C=O) groups is 1. The van der Waals surface area contributed by atoms with E-state index in [2.05, 4.69) is 22.2 Å². The maximum Gasteiger partial charge on any atom is 0.137 e. The lowest BCUT2D eigenvalue weighted by Gasteiger charge is -2.08. The molecule has 0 radical (unpaired) electrons. The molecule has 2 heterocycles. The van der Waals surface area contributed by atoms with Gasteiger partial charge in [-0.05, 0) is 55.2 Å². The van der Waals surface area contributed by atoms with E-state index in [1.165, 1.54) is 11.1 Å². The molecule has 1 aliphatic carbocycles. The van der Waals surface area contributed by atoms with Crippen molar-refractivity contribution < 1.29 is 4.79 Å². The summed E-state index contributed by atoms with van der Waals surface area (Å²) >= 11 is 0. The lowest BCUT2D eigenvalue weighted by atomic mass is 10.0. The Kier molecular flexibility index (Phi) is 3.03. The summed E-state index contributed by atoms with van der Waals surface area (Å²) in [6.07, 6.45) is 6.85. The summed E-state index contributed by atoms with van der Waals surface area (Å²) in [6.45, 7) is 1.98. The van der Waals surface area contributed by atoms with E-state index in [-0.39, 0.29) is 0 Å². The Bertz CT molecular complexity index is 879. The molecule has 0 amide bonds. The van der Waals surface area contributed by atoms with Crippen LogP contribution in [0.3, 0.4) is 0 Å². The minimum absolute atomic E-state index is 0.343. The molecule has 4 rings (SSSR count). The molecule has 0 aliphatic heterocycles. The van der Waals surface area contributed by atoms with Crippen molar-refractivity contribution in [2.75, 3.05) is 0 Å². The van der Waals surface area contributed by atoms with Gasteiger partial charge in [-0.15, -0.1) is 0 Å².